The van der Waals surface area contributed by atoms with E-state index < -0.39 is 18.6 Å². The lowest BCUT2D eigenvalue weighted by Gasteiger charge is -2.08. The Bertz CT molecular complexity index is 576. The Balaban J connectivity index is 2.07. The van der Waals surface area contributed by atoms with E-state index in [0.717, 1.165) is 11.1 Å². The standard InChI is InChI=1S/C15H12F3NO/c16-15(17,18)10-19-14(20)13-8-6-12(7-9-13)11-4-2-1-3-5-11/h1-9H,10H2,(H,19,20). The minimum absolute atomic E-state index is 0.203. The number of carbonyl (C=O) groups is 1. The van der Waals surface area contributed by atoms with E-state index >= 15 is 0 Å². The molecule has 1 N–H and O–H groups in total. The quantitative estimate of drug-likeness (QED) is 0.913. The molecule has 2 rings (SSSR count). The SMILES string of the molecule is O=C(NCC(F)(F)F)c1ccc(-c2ccccc2)cc1. The Kier molecular flexibility index (Phi) is 4.08. The van der Waals surface area contributed by atoms with Gasteiger partial charge in [0.1, 0.15) is 6.54 Å². The summed E-state index contributed by atoms with van der Waals surface area (Å²) < 4.78 is 36.0. The van der Waals surface area contributed by atoms with Crippen molar-refractivity contribution in [3.63, 3.8) is 0 Å². The van der Waals surface area contributed by atoms with Gasteiger partial charge in [-0.05, 0) is 23.3 Å². The monoisotopic (exact) mass is 279 g/mol. The van der Waals surface area contributed by atoms with Crippen LogP contribution in [0, 0.1) is 0 Å². The van der Waals surface area contributed by atoms with Crippen LogP contribution in [0.1, 0.15) is 10.4 Å². The first-order valence-corrected chi connectivity index (χ1v) is 5.96. The van der Waals surface area contributed by atoms with E-state index in [1.165, 1.54) is 12.1 Å². The molecule has 0 aliphatic carbocycles. The maximum Gasteiger partial charge on any atom is 0.405 e. The molecule has 0 radical (unpaired) electrons. The summed E-state index contributed by atoms with van der Waals surface area (Å²) in [5.41, 5.74) is 2.08. The zero-order valence-corrected chi connectivity index (χ0v) is 10.4. The predicted octanol–water partition coefficient (Wildman–Crippen LogP) is 3.65. The zero-order chi connectivity index (χ0) is 14.6. The minimum atomic E-state index is -4.40. The topological polar surface area (TPSA) is 29.1 Å². The van der Waals surface area contributed by atoms with E-state index in [2.05, 4.69) is 0 Å². The summed E-state index contributed by atoms with van der Waals surface area (Å²) in [6, 6.07) is 15.9. The van der Waals surface area contributed by atoms with E-state index in [0.29, 0.717) is 0 Å². The highest BCUT2D eigenvalue weighted by atomic mass is 19.4. The lowest BCUT2D eigenvalue weighted by Crippen LogP contribution is -2.33. The molecule has 20 heavy (non-hydrogen) atoms. The fourth-order valence-corrected chi connectivity index (χ4v) is 1.73. The first kappa shape index (κ1) is 14.1. The van der Waals surface area contributed by atoms with E-state index in [-0.39, 0.29) is 5.56 Å². The molecule has 2 aromatic rings. The fourth-order valence-electron chi connectivity index (χ4n) is 1.73. The van der Waals surface area contributed by atoms with Crippen molar-refractivity contribution >= 4 is 5.91 Å². The summed E-state index contributed by atoms with van der Waals surface area (Å²) in [5.74, 6) is -0.734. The summed E-state index contributed by atoms with van der Waals surface area (Å²) in [4.78, 5) is 11.5. The van der Waals surface area contributed by atoms with Gasteiger partial charge < -0.3 is 5.32 Å². The molecule has 0 saturated heterocycles. The molecule has 0 unspecified atom stereocenters. The summed E-state index contributed by atoms with van der Waals surface area (Å²) in [7, 11) is 0. The first-order valence-electron chi connectivity index (χ1n) is 5.96. The highest BCUT2D eigenvalue weighted by molar-refractivity contribution is 5.94. The van der Waals surface area contributed by atoms with Crippen LogP contribution < -0.4 is 5.32 Å². The Morgan fingerprint density at radius 3 is 2.00 bits per heavy atom. The van der Waals surface area contributed by atoms with Crippen molar-refractivity contribution in [2.75, 3.05) is 6.54 Å². The molecule has 0 fully saturated rings. The predicted molar refractivity (Wildman–Crippen MR) is 70.3 cm³/mol. The number of nitrogens with one attached hydrogen (secondary N) is 1. The van der Waals surface area contributed by atoms with Crippen LogP contribution in [-0.4, -0.2) is 18.6 Å². The lowest BCUT2D eigenvalue weighted by molar-refractivity contribution is -0.123. The number of carbonyl (C=O) groups excluding carboxylic acids is 1. The normalized spacial score (nSPS) is 11.2. The minimum Gasteiger partial charge on any atom is -0.343 e. The third kappa shape index (κ3) is 3.85. The number of hydrogen-bond donors (Lipinski definition) is 1. The van der Waals surface area contributed by atoms with Crippen molar-refractivity contribution in [3.05, 3.63) is 60.2 Å². The van der Waals surface area contributed by atoms with Crippen molar-refractivity contribution in [2.45, 2.75) is 6.18 Å². The van der Waals surface area contributed by atoms with Gasteiger partial charge in [-0.3, -0.25) is 4.79 Å². The summed E-state index contributed by atoms with van der Waals surface area (Å²) in [6.07, 6.45) is -4.40. The highest BCUT2D eigenvalue weighted by Gasteiger charge is 2.27. The van der Waals surface area contributed by atoms with Gasteiger partial charge in [-0.1, -0.05) is 42.5 Å². The lowest BCUT2D eigenvalue weighted by atomic mass is 10.0. The van der Waals surface area contributed by atoms with E-state index in [1.54, 1.807) is 12.1 Å². The zero-order valence-electron chi connectivity index (χ0n) is 10.4. The van der Waals surface area contributed by atoms with Gasteiger partial charge in [0.2, 0.25) is 0 Å². The molecule has 2 nitrogen and oxygen atoms in total. The van der Waals surface area contributed by atoms with Gasteiger partial charge in [0.25, 0.3) is 5.91 Å². The number of hydrogen-bond acceptors (Lipinski definition) is 1. The maximum atomic E-state index is 12.0. The van der Waals surface area contributed by atoms with Crippen LogP contribution in [0.25, 0.3) is 11.1 Å². The average Bonchev–Trinajstić information content (AvgIpc) is 2.45. The Morgan fingerprint density at radius 1 is 0.900 bits per heavy atom. The van der Waals surface area contributed by atoms with Crippen molar-refractivity contribution in [3.8, 4) is 11.1 Å². The molecule has 0 atom stereocenters. The van der Waals surface area contributed by atoms with Crippen LogP contribution in [0.3, 0.4) is 0 Å². The number of amides is 1. The van der Waals surface area contributed by atoms with Crippen LogP contribution in [0.5, 0.6) is 0 Å². The second kappa shape index (κ2) is 5.77. The van der Waals surface area contributed by atoms with Crippen molar-refractivity contribution in [1.82, 2.24) is 5.32 Å². The average molecular weight is 279 g/mol. The Hall–Kier alpha value is -2.30. The molecule has 5 heteroatoms. The molecule has 0 bridgehead atoms. The van der Waals surface area contributed by atoms with E-state index in [9.17, 15) is 18.0 Å². The van der Waals surface area contributed by atoms with Gasteiger partial charge >= 0.3 is 6.18 Å². The number of halogens is 3. The van der Waals surface area contributed by atoms with Gasteiger partial charge in [-0.2, -0.15) is 13.2 Å². The first-order chi connectivity index (χ1) is 9.46. The molecule has 0 aliphatic heterocycles. The third-order valence-electron chi connectivity index (χ3n) is 2.70. The van der Waals surface area contributed by atoms with Crippen LogP contribution in [0.2, 0.25) is 0 Å². The fraction of sp³-hybridized carbons (Fsp3) is 0.133. The molecule has 0 aliphatic rings. The molecular weight excluding hydrogens is 267 g/mol. The number of alkyl halides is 3. The smallest absolute Gasteiger partial charge is 0.343 e. The van der Waals surface area contributed by atoms with Gasteiger partial charge in [0, 0.05) is 5.56 Å². The molecule has 0 aromatic heterocycles. The molecule has 0 spiro atoms. The molecular formula is C15H12F3NO. The molecule has 0 heterocycles. The van der Waals surface area contributed by atoms with Crippen molar-refractivity contribution < 1.29 is 18.0 Å². The second-order valence-corrected chi connectivity index (χ2v) is 4.24. The van der Waals surface area contributed by atoms with Crippen LogP contribution in [0.4, 0.5) is 13.2 Å². The summed E-state index contributed by atoms with van der Waals surface area (Å²) in [5, 5.41) is 1.83. The van der Waals surface area contributed by atoms with Gasteiger partial charge in [0.15, 0.2) is 0 Å². The molecule has 2 aromatic carbocycles. The Morgan fingerprint density at radius 2 is 1.45 bits per heavy atom. The summed E-state index contributed by atoms with van der Waals surface area (Å²) in [6.45, 7) is -1.33. The van der Waals surface area contributed by atoms with Crippen LogP contribution in [0.15, 0.2) is 54.6 Å². The van der Waals surface area contributed by atoms with Gasteiger partial charge in [-0.25, -0.2) is 0 Å². The molecule has 0 saturated carbocycles. The number of benzene rings is 2. The second-order valence-electron chi connectivity index (χ2n) is 4.24. The summed E-state index contributed by atoms with van der Waals surface area (Å²) >= 11 is 0. The Labute approximate surface area is 114 Å². The van der Waals surface area contributed by atoms with Crippen LogP contribution in [-0.2, 0) is 0 Å². The van der Waals surface area contributed by atoms with Crippen molar-refractivity contribution in [2.24, 2.45) is 0 Å². The van der Waals surface area contributed by atoms with E-state index in [1.807, 2.05) is 35.6 Å². The van der Waals surface area contributed by atoms with Crippen LogP contribution >= 0.6 is 0 Å². The largest absolute Gasteiger partial charge is 0.405 e. The third-order valence-corrected chi connectivity index (χ3v) is 2.70. The number of rotatable bonds is 3. The molecule has 1 amide bonds. The maximum absolute atomic E-state index is 12.0. The highest BCUT2D eigenvalue weighted by Crippen LogP contribution is 2.19. The van der Waals surface area contributed by atoms with Crippen molar-refractivity contribution in [1.29, 1.82) is 0 Å². The van der Waals surface area contributed by atoms with E-state index in [4.69, 9.17) is 0 Å². The van der Waals surface area contributed by atoms with Gasteiger partial charge in [-0.15, -0.1) is 0 Å². The van der Waals surface area contributed by atoms with Gasteiger partial charge in [0.05, 0.1) is 0 Å². The molecule has 104 valence electrons.